The van der Waals surface area contributed by atoms with E-state index in [0.29, 0.717) is 25.7 Å². The van der Waals surface area contributed by atoms with E-state index >= 15 is 0 Å². The van der Waals surface area contributed by atoms with Crippen LogP contribution in [0, 0.1) is 0 Å². The number of carbonyl (C=O) groups excluding carboxylic acids is 1. The van der Waals surface area contributed by atoms with Gasteiger partial charge in [-0.3, -0.25) is 4.79 Å². The smallest absolute Gasteiger partial charge is 0.240 e. The van der Waals surface area contributed by atoms with Crippen LogP contribution in [0.25, 0.3) is 0 Å². The predicted molar refractivity (Wildman–Crippen MR) is 97.6 cm³/mol. The Balaban J connectivity index is 1.53. The second kappa shape index (κ2) is 8.19. The van der Waals surface area contributed by atoms with Crippen LogP contribution in [-0.4, -0.2) is 36.8 Å². The van der Waals surface area contributed by atoms with Gasteiger partial charge in [0.05, 0.1) is 11.6 Å². The lowest BCUT2D eigenvalue weighted by Gasteiger charge is -2.29. The van der Waals surface area contributed by atoms with E-state index in [1.165, 1.54) is 12.8 Å². The SMILES string of the molecule is CC(N)(Cc1ccc(OC2CCCC2)cc1)C(=O)NC1CCOCC1. The molecule has 0 bridgehead atoms. The summed E-state index contributed by atoms with van der Waals surface area (Å²) in [5.74, 6) is 0.812. The van der Waals surface area contributed by atoms with Crippen LogP contribution in [0.4, 0.5) is 0 Å². The van der Waals surface area contributed by atoms with Crippen LogP contribution >= 0.6 is 0 Å². The van der Waals surface area contributed by atoms with Crippen molar-refractivity contribution in [2.75, 3.05) is 13.2 Å². The van der Waals surface area contributed by atoms with Gasteiger partial charge < -0.3 is 20.5 Å². The maximum Gasteiger partial charge on any atom is 0.240 e. The fourth-order valence-corrected chi connectivity index (χ4v) is 3.58. The number of rotatable bonds is 6. The van der Waals surface area contributed by atoms with Crippen molar-refractivity contribution in [2.45, 2.75) is 69.6 Å². The molecule has 1 amide bonds. The molecule has 1 unspecified atom stereocenters. The number of nitrogens with one attached hydrogen (secondary N) is 1. The van der Waals surface area contributed by atoms with Crippen molar-refractivity contribution in [1.82, 2.24) is 5.32 Å². The number of ether oxygens (including phenoxy) is 2. The standard InChI is InChI=1S/C20H30N2O3/c1-20(21,19(23)22-16-10-12-24-13-11-16)14-15-6-8-18(9-7-15)25-17-4-2-3-5-17/h6-9,16-17H,2-5,10-14,21H2,1H3,(H,22,23). The van der Waals surface area contributed by atoms with Gasteiger partial charge in [-0.15, -0.1) is 0 Å². The maximum absolute atomic E-state index is 12.5. The topological polar surface area (TPSA) is 73.6 Å². The second-order valence-corrected chi connectivity index (χ2v) is 7.62. The average molecular weight is 346 g/mol. The molecule has 1 atom stereocenters. The first-order chi connectivity index (χ1) is 12.0. The van der Waals surface area contributed by atoms with Crippen molar-refractivity contribution in [3.05, 3.63) is 29.8 Å². The van der Waals surface area contributed by atoms with Crippen molar-refractivity contribution in [3.8, 4) is 5.75 Å². The fourth-order valence-electron chi connectivity index (χ4n) is 3.58. The summed E-state index contributed by atoms with van der Waals surface area (Å²) in [5, 5.41) is 3.07. The molecule has 0 aromatic heterocycles. The Bertz CT molecular complexity index is 559. The Kier molecular flexibility index (Phi) is 5.97. The number of nitrogens with two attached hydrogens (primary N) is 1. The third-order valence-corrected chi connectivity index (χ3v) is 5.17. The molecule has 5 nitrogen and oxygen atoms in total. The molecular weight excluding hydrogens is 316 g/mol. The van der Waals surface area contributed by atoms with Crippen molar-refractivity contribution in [2.24, 2.45) is 5.73 Å². The predicted octanol–water partition coefficient (Wildman–Crippen LogP) is 2.56. The molecule has 1 aliphatic heterocycles. The molecule has 1 aromatic rings. The molecule has 138 valence electrons. The third kappa shape index (κ3) is 5.19. The van der Waals surface area contributed by atoms with E-state index < -0.39 is 5.54 Å². The summed E-state index contributed by atoms with van der Waals surface area (Å²) in [6.07, 6.45) is 7.39. The lowest BCUT2D eigenvalue weighted by molar-refractivity contribution is -0.127. The van der Waals surface area contributed by atoms with Gasteiger partial charge in [0.1, 0.15) is 5.75 Å². The molecule has 1 heterocycles. The van der Waals surface area contributed by atoms with E-state index in [9.17, 15) is 4.79 Å². The Morgan fingerprint density at radius 3 is 2.48 bits per heavy atom. The first kappa shape index (κ1) is 18.2. The van der Waals surface area contributed by atoms with Crippen LogP contribution < -0.4 is 15.8 Å². The molecule has 0 radical (unpaired) electrons. The summed E-state index contributed by atoms with van der Waals surface area (Å²) in [7, 11) is 0. The van der Waals surface area contributed by atoms with Crippen LogP contribution in [0.15, 0.2) is 24.3 Å². The first-order valence-electron chi connectivity index (χ1n) is 9.46. The molecule has 1 aliphatic carbocycles. The number of amides is 1. The van der Waals surface area contributed by atoms with Gasteiger partial charge in [0, 0.05) is 19.3 Å². The van der Waals surface area contributed by atoms with Crippen molar-refractivity contribution >= 4 is 5.91 Å². The van der Waals surface area contributed by atoms with E-state index in [1.807, 2.05) is 24.3 Å². The summed E-state index contributed by atoms with van der Waals surface area (Å²) >= 11 is 0. The van der Waals surface area contributed by atoms with Crippen LogP contribution in [0.3, 0.4) is 0 Å². The Morgan fingerprint density at radius 1 is 1.20 bits per heavy atom. The first-order valence-corrected chi connectivity index (χ1v) is 9.46. The van der Waals surface area contributed by atoms with Gasteiger partial charge in [-0.25, -0.2) is 0 Å². The normalized spacial score (nSPS) is 21.7. The Labute approximate surface area is 150 Å². The summed E-state index contributed by atoms with van der Waals surface area (Å²) in [6.45, 7) is 3.20. The van der Waals surface area contributed by atoms with Gasteiger partial charge >= 0.3 is 0 Å². The number of benzene rings is 1. The number of carbonyl (C=O) groups is 1. The summed E-state index contributed by atoms with van der Waals surface area (Å²) in [4.78, 5) is 12.5. The van der Waals surface area contributed by atoms with Crippen molar-refractivity contribution < 1.29 is 14.3 Å². The van der Waals surface area contributed by atoms with Crippen molar-refractivity contribution in [1.29, 1.82) is 0 Å². The summed E-state index contributed by atoms with van der Waals surface area (Å²) in [5.41, 5.74) is 6.43. The van der Waals surface area contributed by atoms with Gasteiger partial charge in [0.15, 0.2) is 0 Å². The molecule has 3 N–H and O–H groups in total. The molecule has 2 fully saturated rings. The molecule has 5 heteroatoms. The highest BCUT2D eigenvalue weighted by Crippen LogP contribution is 2.25. The Hall–Kier alpha value is -1.59. The molecule has 25 heavy (non-hydrogen) atoms. The van der Waals surface area contributed by atoms with Gasteiger partial charge in [-0.1, -0.05) is 12.1 Å². The molecule has 1 saturated heterocycles. The lowest BCUT2D eigenvalue weighted by Crippen LogP contribution is -2.56. The molecule has 3 rings (SSSR count). The maximum atomic E-state index is 12.5. The zero-order valence-corrected chi connectivity index (χ0v) is 15.1. The fraction of sp³-hybridized carbons (Fsp3) is 0.650. The van der Waals surface area contributed by atoms with Crippen LogP contribution in [-0.2, 0) is 16.0 Å². The highest BCUT2D eigenvalue weighted by atomic mass is 16.5. The quantitative estimate of drug-likeness (QED) is 0.830. The van der Waals surface area contributed by atoms with Crippen LogP contribution in [0.2, 0.25) is 0 Å². The van der Waals surface area contributed by atoms with E-state index in [1.54, 1.807) is 6.92 Å². The summed E-state index contributed by atoms with van der Waals surface area (Å²) < 4.78 is 11.3. The zero-order chi connectivity index (χ0) is 17.7. The Morgan fingerprint density at radius 2 is 1.84 bits per heavy atom. The zero-order valence-electron chi connectivity index (χ0n) is 15.1. The van der Waals surface area contributed by atoms with E-state index in [4.69, 9.17) is 15.2 Å². The van der Waals surface area contributed by atoms with E-state index in [-0.39, 0.29) is 11.9 Å². The number of hydrogen-bond donors (Lipinski definition) is 2. The summed E-state index contributed by atoms with van der Waals surface area (Å²) in [6, 6.07) is 8.17. The van der Waals surface area contributed by atoms with Crippen molar-refractivity contribution in [3.63, 3.8) is 0 Å². The minimum absolute atomic E-state index is 0.0920. The molecule has 0 spiro atoms. The van der Waals surface area contributed by atoms with Gasteiger partial charge in [-0.05, 0) is 69.6 Å². The molecule has 1 aromatic carbocycles. The van der Waals surface area contributed by atoms with Gasteiger partial charge in [0.2, 0.25) is 5.91 Å². The monoisotopic (exact) mass is 346 g/mol. The molecular formula is C20H30N2O3. The minimum atomic E-state index is -0.924. The van der Waals surface area contributed by atoms with E-state index in [2.05, 4.69) is 5.32 Å². The molecule has 2 aliphatic rings. The third-order valence-electron chi connectivity index (χ3n) is 5.17. The molecule has 1 saturated carbocycles. The van der Waals surface area contributed by atoms with E-state index in [0.717, 1.165) is 37.0 Å². The second-order valence-electron chi connectivity index (χ2n) is 7.62. The minimum Gasteiger partial charge on any atom is -0.490 e. The lowest BCUT2D eigenvalue weighted by atomic mass is 9.92. The van der Waals surface area contributed by atoms with Crippen LogP contribution in [0.5, 0.6) is 5.75 Å². The van der Waals surface area contributed by atoms with Crippen LogP contribution in [0.1, 0.15) is 51.0 Å². The highest BCUT2D eigenvalue weighted by molar-refractivity contribution is 5.86. The number of hydrogen-bond acceptors (Lipinski definition) is 4. The van der Waals surface area contributed by atoms with Gasteiger partial charge in [0.25, 0.3) is 0 Å². The largest absolute Gasteiger partial charge is 0.490 e. The average Bonchev–Trinajstić information content (AvgIpc) is 3.10. The highest BCUT2D eigenvalue weighted by Gasteiger charge is 2.30. The van der Waals surface area contributed by atoms with Gasteiger partial charge in [-0.2, -0.15) is 0 Å².